The van der Waals surface area contributed by atoms with Gasteiger partial charge in [0, 0.05) is 25.4 Å². The Hall–Kier alpha value is -1.69. The first kappa shape index (κ1) is 11.4. The van der Waals surface area contributed by atoms with Gasteiger partial charge < -0.3 is 10.0 Å². The molecular formula is C12H17N5O. The number of hydrogen-bond acceptors (Lipinski definition) is 5. The number of aromatic nitrogens is 4. The molecule has 0 unspecified atom stereocenters. The summed E-state index contributed by atoms with van der Waals surface area (Å²) in [5.41, 5.74) is 0.936. The molecule has 1 fully saturated rings. The van der Waals surface area contributed by atoms with Gasteiger partial charge >= 0.3 is 0 Å². The van der Waals surface area contributed by atoms with Crippen LogP contribution in [0.1, 0.15) is 18.5 Å². The van der Waals surface area contributed by atoms with E-state index >= 15 is 0 Å². The summed E-state index contributed by atoms with van der Waals surface area (Å²) in [5.74, 6) is 2.19. The van der Waals surface area contributed by atoms with Crippen LogP contribution in [-0.2, 0) is 0 Å². The molecule has 3 rings (SSSR count). The van der Waals surface area contributed by atoms with Gasteiger partial charge in [0.2, 0.25) is 0 Å². The molecule has 1 N–H and O–H groups in total. The van der Waals surface area contributed by atoms with Gasteiger partial charge in [0.05, 0.1) is 6.10 Å². The van der Waals surface area contributed by atoms with Crippen LogP contribution in [0, 0.1) is 12.8 Å². The lowest BCUT2D eigenvalue weighted by molar-refractivity contribution is 0.0464. The second kappa shape index (κ2) is 4.20. The molecule has 0 bridgehead atoms. The van der Waals surface area contributed by atoms with Crippen LogP contribution < -0.4 is 4.90 Å². The molecule has 6 nitrogen and oxygen atoms in total. The summed E-state index contributed by atoms with van der Waals surface area (Å²) in [7, 11) is 2.04. The van der Waals surface area contributed by atoms with E-state index in [1.165, 1.54) is 6.33 Å². The third kappa shape index (κ3) is 1.92. The van der Waals surface area contributed by atoms with Crippen molar-refractivity contribution >= 4 is 11.6 Å². The monoisotopic (exact) mass is 247 g/mol. The number of fused-ring (bicyclic) bond motifs is 1. The molecule has 0 aliphatic heterocycles. The van der Waals surface area contributed by atoms with Crippen molar-refractivity contribution in [2.24, 2.45) is 5.92 Å². The van der Waals surface area contributed by atoms with Crippen LogP contribution in [0.2, 0.25) is 0 Å². The van der Waals surface area contributed by atoms with E-state index in [0.29, 0.717) is 11.7 Å². The van der Waals surface area contributed by atoms with E-state index < -0.39 is 0 Å². The normalized spacial score (nSPS) is 23.1. The van der Waals surface area contributed by atoms with Gasteiger partial charge in [-0.3, -0.25) is 0 Å². The lowest BCUT2D eigenvalue weighted by Gasteiger charge is -2.35. The Kier molecular flexibility index (Phi) is 2.66. The van der Waals surface area contributed by atoms with Crippen LogP contribution in [-0.4, -0.2) is 44.4 Å². The van der Waals surface area contributed by atoms with Crippen LogP contribution in [0.5, 0.6) is 0 Å². The van der Waals surface area contributed by atoms with E-state index in [1.807, 2.05) is 20.0 Å². The highest BCUT2D eigenvalue weighted by molar-refractivity contribution is 5.46. The molecule has 0 aromatic carbocycles. The Morgan fingerprint density at radius 2 is 2.28 bits per heavy atom. The number of anilines is 1. The number of aliphatic hydroxyl groups is 1. The number of rotatable bonds is 3. The Labute approximate surface area is 105 Å². The zero-order chi connectivity index (χ0) is 12.7. The smallest absolute Gasteiger partial charge is 0.254 e. The van der Waals surface area contributed by atoms with Crippen molar-refractivity contribution in [3.05, 3.63) is 18.1 Å². The summed E-state index contributed by atoms with van der Waals surface area (Å²) in [6.45, 7) is 2.88. The quantitative estimate of drug-likeness (QED) is 0.862. The minimum Gasteiger partial charge on any atom is -0.393 e. The van der Waals surface area contributed by atoms with E-state index in [9.17, 15) is 5.11 Å². The van der Waals surface area contributed by atoms with Gasteiger partial charge in [-0.2, -0.15) is 14.6 Å². The first-order valence-corrected chi connectivity index (χ1v) is 6.20. The standard InChI is InChI=1S/C12H17N5O/c1-8-3-11(17-12(15-8)13-7-14-17)16(2)6-9-4-10(18)5-9/h3,7,9-10,18H,4-6H2,1-2H3. The SMILES string of the molecule is Cc1cc(N(C)CC2CC(O)C2)n2ncnc2n1. The zero-order valence-electron chi connectivity index (χ0n) is 10.6. The molecule has 0 amide bonds. The highest BCUT2D eigenvalue weighted by Gasteiger charge is 2.28. The van der Waals surface area contributed by atoms with Gasteiger partial charge in [-0.15, -0.1) is 0 Å². The molecule has 0 radical (unpaired) electrons. The molecule has 18 heavy (non-hydrogen) atoms. The largest absolute Gasteiger partial charge is 0.393 e. The fourth-order valence-electron chi connectivity index (χ4n) is 2.51. The number of hydrogen-bond donors (Lipinski definition) is 1. The summed E-state index contributed by atoms with van der Waals surface area (Å²) in [6, 6.07) is 2.01. The first-order chi connectivity index (χ1) is 8.63. The van der Waals surface area contributed by atoms with Crippen LogP contribution in [0.15, 0.2) is 12.4 Å². The highest BCUT2D eigenvalue weighted by Crippen LogP contribution is 2.29. The second-order valence-electron chi connectivity index (χ2n) is 5.10. The van der Waals surface area contributed by atoms with Crippen molar-refractivity contribution in [3.63, 3.8) is 0 Å². The lowest BCUT2D eigenvalue weighted by Crippen LogP contribution is -2.37. The van der Waals surface area contributed by atoms with Gasteiger partial charge in [0.25, 0.3) is 5.78 Å². The summed E-state index contributed by atoms with van der Waals surface area (Å²) >= 11 is 0. The molecule has 2 aromatic heterocycles. The van der Waals surface area contributed by atoms with Crippen molar-refractivity contribution in [2.75, 3.05) is 18.5 Å². The third-order valence-corrected chi connectivity index (χ3v) is 3.50. The molecular weight excluding hydrogens is 230 g/mol. The molecule has 1 aliphatic carbocycles. The number of aliphatic hydroxyl groups excluding tert-OH is 1. The highest BCUT2D eigenvalue weighted by atomic mass is 16.3. The van der Waals surface area contributed by atoms with Gasteiger partial charge in [-0.25, -0.2) is 4.98 Å². The molecule has 0 spiro atoms. The van der Waals surface area contributed by atoms with Crippen LogP contribution in [0.4, 0.5) is 5.82 Å². The Morgan fingerprint density at radius 1 is 1.50 bits per heavy atom. The summed E-state index contributed by atoms with van der Waals surface area (Å²) in [6.07, 6.45) is 3.21. The molecule has 1 saturated carbocycles. The molecule has 6 heteroatoms. The predicted molar refractivity (Wildman–Crippen MR) is 67.5 cm³/mol. The fourth-order valence-corrected chi connectivity index (χ4v) is 2.51. The van der Waals surface area contributed by atoms with Gasteiger partial charge in [0.1, 0.15) is 12.1 Å². The molecule has 96 valence electrons. The van der Waals surface area contributed by atoms with Crippen molar-refractivity contribution in [1.82, 2.24) is 19.6 Å². The molecule has 2 aromatic rings. The maximum absolute atomic E-state index is 9.33. The van der Waals surface area contributed by atoms with Crippen molar-refractivity contribution in [3.8, 4) is 0 Å². The maximum atomic E-state index is 9.33. The van der Waals surface area contributed by atoms with Crippen molar-refractivity contribution in [1.29, 1.82) is 0 Å². The van der Waals surface area contributed by atoms with E-state index in [-0.39, 0.29) is 6.10 Å². The van der Waals surface area contributed by atoms with Crippen LogP contribution in [0.3, 0.4) is 0 Å². The molecule has 0 atom stereocenters. The van der Waals surface area contributed by atoms with Crippen molar-refractivity contribution in [2.45, 2.75) is 25.9 Å². The summed E-state index contributed by atoms with van der Waals surface area (Å²) in [4.78, 5) is 10.6. The summed E-state index contributed by atoms with van der Waals surface area (Å²) in [5, 5.41) is 13.5. The Balaban J connectivity index is 1.86. The molecule has 2 heterocycles. The number of aryl methyl sites for hydroxylation is 1. The minimum atomic E-state index is -0.103. The molecule has 0 saturated heterocycles. The minimum absolute atomic E-state index is 0.103. The molecule has 1 aliphatic rings. The van der Waals surface area contributed by atoms with E-state index in [4.69, 9.17) is 0 Å². The van der Waals surface area contributed by atoms with Gasteiger partial charge in [-0.1, -0.05) is 0 Å². The van der Waals surface area contributed by atoms with E-state index in [2.05, 4.69) is 20.0 Å². The van der Waals surface area contributed by atoms with E-state index in [0.717, 1.165) is 30.9 Å². The van der Waals surface area contributed by atoms with E-state index in [1.54, 1.807) is 4.52 Å². The second-order valence-corrected chi connectivity index (χ2v) is 5.10. The van der Waals surface area contributed by atoms with Gasteiger partial charge in [-0.05, 0) is 25.7 Å². The topological polar surface area (TPSA) is 66.5 Å². The average molecular weight is 247 g/mol. The summed E-state index contributed by atoms with van der Waals surface area (Å²) < 4.78 is 1.75. The lowest BCUT2D eigenvalue weighted by atomic mass is 9.82. The maximum Gasteiger partial charge on any atom is 0.254 e. The predicted octanol–water partition coefficient (Wildman–Crippen LogP) is 0.640. The van der Waals surface area contributed by atoms with Crippen molar-refractivity contribution < 1.29 is 5.11 Å². The first-order valence-electron chi connectivity index (χ1n) is 6.20. The zero-order valence-corrected chi connectivity index (χ0v) is 10.6. The number of nitrogens with zero attached hydrogens (tertiary/aromatic N) is 5. The van der Waals surface area contributed by atoms with Gasteiger partial charge in [0.15, 0.2) is 0 Å². The van der Waals surface area contributed by atoms with Crippen LogP contribution in [0.25, 0.3) is 5.78 Å². The third-order valence-electron chi connectivity index (χ3n) is 3.50. The Bertz CT molecular complexity index is 561. The van der Waals surface area contributed by atoms with Crippen LogP contribution >= 0.6 is 0 Å². The Morgan fingerprint density at radius 3 is 3.00 bits per heavy atom. The average Bonchev–Trinajstić information content (AvgIpc) is 2.73. The fraction of sp³-hybridized carbons (Fsp3) is 0.583.